The molecule has 0 amide bonds. The van der Waals surface area contributed by atoms with E-state index in [1.807, 2.05) is 0 Å². The summed E-state index contributed by atoms with van der Waals surface area (Å²) in [5.74, 6) is -0.252. The molecule has 1 N–H and O–H groups in total. The molecule has 2 rings (SSSR count). The topological polar surface area (TPSA) is 37.8 Å². The van der Waals surface area contributed by atoms with E-state index in [9.17, 15) is 4.39 Å². The number of nitrogens with one attached hydrogen (secondary N) is 1. The van der Waals surface area contributed by atoms with Gasteiger partial charge in [0, 0.05) is 22.4 Å². The minimum Gasteiger partial charge on any atom is -0.306 e. The molecule has 0 aliphatic heterocycles. The Bertz CT molecular complexity index is 533. The third-order valence-corrected chi connectivity index (χ3v) is 3.50. The van der Waals surface area contributed by atoms with Crippen molar-refractivity contribution in [3.8, 4) is 0 Å². The maximum atomic E-state index is 13.5. The first-order valence-electron chi connectivity index (χ1n) is 6.15. The number of halogens is 2. The summed E-state index contributed by atoms with van der Waals surface area (Å²) in [6.45, 7) is 2.93. The van der Waals surface area contributed by atoms with E-state index in [1.165, 1.54) is 18.5 Å². The fourth-order valence-corrected chi connectivity index (χ4v) is 2.37. The largest absolute Gasteiger partial charge is 0.306 e. The zero-order valence-electron chi connectivity index (χ0n) is 10.6. The fraction of sp³-hybridized carbons (Fsp3) is 0.286. The molecule has 0 saturated carbocycles. The van der Waals surface area contributed by atoms with Crippen LogP contribution in [-0.2, 0) is 0 Å². The zero-order valence-corrected chi connectivity index (χ0v) is 12.2. The molecule has 3 nitrogen and oxygen atoms in total. The van der Waals surface area contributed by atoms with Crippen LogP contribution in [0.15, 0.2) is 41.4 Å². The molecule has 0 fully saturated rings. The molecule has 0 bridgehead atoms. The quantitative estimate of drug-likeness (QED) is 0.915. The van der Waals surface area contributed by atoms with Crippen LogP contribution in [-0.4, -0.2) is 16.5 Å². The van der Waals surface area contributed by atoms with E-state index in [0.29, 0.717) is 0 Å². The molecule has 1 atom stereocenters. The highest BCUT2D eigenvalue weighted by Gasteiger charge is 2.17. The van der Waals surface area contributed by atoms with Crippen LogP contribution < -0.4 is 5.32 Å². The Balaban J connectivity index is 2.40. The Morgan fingerprint density at radius 3 is 2.74 bits per heavy atom. The van der Waals surface area contributed by atoms with Crippen molar-refractivity contribution in [3.05, 3.63) is 58.3 Å². The summed E-state index contributed by atoms with van der Waals surface area (Å²) in [5, 5.41) is 3.39. The maximum Gasteiger partial charge on any atom is 0.123 e. The van der Waals surface area contributed by atoms with E-state index in [0.717, 1.165) is 28.6 Å². The van der Waals surface area contributed by atoms with Crippen molar-refractivity contribution in [3.63, 3.8) is 0 Å². The summed E-state index contributed by atoms with van der Waals surface area (Å²) in [7, 11) is 0. The molecular formula is C14H15BrFN3. The predicted octanol–water partition coefficient (Wildman–Crippen LogP) is 3.47. The van der Waals surface area contributed by atoms with Crippen LogP contribution in [0, 0.1) is 5.82 Å². The van der Waals surface area contributed by atoms with Crippen molar-refractivity contribution < 1.29 is 4.39 Å². The summed E-state index contributed by atoms with van der Waals surface area (Å²) in [6.07, 6.45) is 5.98. The molecule has 0 radical (unpaired) electrons. The van der Waals surface area contributed by atoms with Crippen molar-refractivity contribution in [2.24, 2.45) is 0 Å². The average molecular weight is 324 g/mol. The van der Waals surface area contributed by atoms with Crippen LogP contribution in [0.25, 0.3) is 0 Å². The Morgan fingerprint density at radius 1 is 1.32 bits per heavy atom. The Labute approximate surface area is 120 Å². The van der Waals surface area contributed by atoms with Crippen molar-refractivity contribution in [2.45, 2.75) is 19.4 Å². The Kier molecular flexibility index (Phi) is 4.99. The molecule has 1 aromatic carbocycles. The minimum absolute atomic E-state index is 0.119. The van der Waals surface area contributed by atoms with Gasteiger partial charge in [0.15, 0.2) is 0 Å². The fourth-order valence-electron chi connectivity index (χ4n) is 1.89. The van der Waals surface area contributed by atoms with Gasteiger partial charge in [0.25, 0.3) is 0 Å². The Morgan fingerprint density at radius 2 is 2.05 bits per heavy atom. The number of rotatable bonds is 5. The summed E-state index contributed by atoms with van der Waals surface area (Å²) in [6, 6.07) is 4.57. The molecule has 1 unspecified atom stereocenters. The first-order chi connectivity index (χ1) is 9.22. The van der Waals surface area contributed by atoms with Gasteiger partial charge in [0.2, 0.25) is 0 Å². The lowest BCUT2D eigenvalue weighted by molar-refractivity contribution is 0.581. The van der Waals surface area contributed by atoms with Gasteiger partial charge in [-0.3, -0.25) is 0 Å². The number of hydrogen-bond donors (Lipinski definition) is 1. The third-order valence-electron chi connectivity index (χ3n) is 2.78. The predicted molar refractivity (Wildman–Crippen MR) is 76.3 cm³/mol. The second-order valence-corrected chi connectivity index (χ2v) is 5.08. The van der Waals surface area contributed by atoms with Gasteiger partial charge < -0.3 is 5.32 Å². The van der Waals surface area contributed by atoms with Crippen LogP contribution in [0.5, 0.6) is 0 Å². The summed E-state index contributed by atoms with van der Waals surface area (Å²) in [5.41, 5.74) is 1.77. The van der Waals surface area contributed by atoms with Crippen molar-refractivity contribution in [1.82, 2.24) is 15.3 Å². The summed E-state index contributed by atoms with van der Waals surface area (Å²) in [4.78, 5) is 8.06. The summed E-state index contributed by atoms with van der Waals surface area (Å²) < 4.78 is 14.3. The average Bonchev–Trinajstić information content (AvgIpc) is 2.44. The van der Waals surface area contributed by atoms with Gasteiger partial charge in [-0.05, 0) is 36.7 Å². The first-order valence-corrected chi connectivity index (χ1v) is 6.95. The van der Waals surface area contributed by atoms with Crippen molar-refractivity contribution >= 4 is 15.9 Å². The molecule has 19 heavy (non-hydrogen) atoms. The zero-order chi connectivity index (χ0) is 13.7. The van der Waals surface area contributed by atoms with Gasteiger partial charge >= 0.3 is 0 Å². The van der Waals surface area contributed by atoms with Crippen molar-refractivity contribution in [1.29, 1.82) is 0 Å². The first kappa shape index (κ1) is 14.1. The molecule has 0 aliphatic carbocycles. The standard InChI is InChI=1S/C14H15BrFN3/c1-2-5-19-14(10-7-17-9-18-8-10)12-6-11(16)3-4-13(12)15/h3-4,6-9,14,19H,2,5H2,1H3. The summed E-state index contributed by atoms with van der Waals surface area (Å²) >= 11 is 3.47. The van der Waals surface area contributed by atoms with Gasteiger partial charge in [-0.25, -0.2) is 14.4 Å². The lowest BCUT2D eigenvalue weighted by atomic mass is 10.0. The van der Waals surface area contributed by atoms with E-state index < -0.39 is 0 Å². The lowest BCUT2D eigenvalue weighted by Crippen LogP contribution is -2.24. The molecule has 0 spiro atoms. The van der Waals surface area contributed by atoms with E-state index >= 15 is 0 Å². The SMILES string of the molecule is CCCNC(c1cncnc1)c1cc(F)ccc1Br. The second-order valence-electron chi connectivity index (χ2n) is 4.22. The van der Waals surface area contributed by atoms with E-state index in [1.54, 1.807) is 18.5 Å². The molecule has 100 valence electrons. The van der Waals surface area contributed by atoms with E-state index in [-0.39, 0.29) is 11.9 Å². The Hall–Kier alpha value is -1.33. The van der Waals surface area contributed by atoms with Crippen LogP contribution in [0.1, 0.15) is 30.5 Å². The van der Waals surface area contributed by atoms with Crippen LogP contribution >= 0.6 is 15.9 Å². The highest BCUT2D eigenvalue weighted by Crippen LogP contribution is 2.28. The molecule has 0 saturated heterocycles. The van der Waals surface area contributed by atoms with Gasteiger partial charge in [0.1, 0.15) is 12.1 Å². The smallest absolute Gasteiger partial charge is 0.123 e. The highest BCUT2D eigenvalue weighted by atomic mass is 79.9. The van der Waals surface area contributed by atoms with Gasteiger partial charge in [-0.2, -0.15) is 0 Å². The van der Waals surface area contributed by atoms with Gasteiger partial charge in [-0.15, -0.1) is 0 Å². The normalized spacial score (nSPS) is 12.4. The van der Waals surface area contributed by atoms with E-state index in [2.05, 4.69) is 38.1 Å². The van der Waals surface area contributed by atoms with Gasteiger partial charge in [-0.1, -0.05) is 22.9 Å². The number of benzene rings is 1. The van der Waals surface area contributed by atoms with Crippen LogP contribution in [0.4, 0.5) is 4.39 Å². The lowest BCUT2D eigenvalue weighted by Gasteiger charge is -2.20. The number of nitrogens with zero attached hydrogens (tertiary/aromatic N) is 2. The second kappa shape index (κ2) is 6.73. The molecule has 0 aliphatic rings. The van der Waals surface area contributed by atoms with Gasteiger partial charge in [0.05, 0.1) is 6.04 Å². The molecule has 1 heterocycles. The minimum atomic E-state index is -0.252. The van der Waals surface area contributed by atoms with Crippen LogP contribution in [0.2, 0.25) is 0 Å². The molecule has 5 heteroatoms. The molecule has 1 aromatic heterocycles. The maximum absolute atomic E-state index is 13.5. The third kappa shape index (κ3) is 3.58. The van der Waals surface area contributed by atoms with Crippen LogP contribution in [0.3, 0.4) is 0 Å². The van der Waals surface area contributed by atoms with E-state index in [4.69, 9.17) is 0 Å². The molecule has 2 aromatic rings. The molecular weight excluding hydrogens is 309 g/mol. The monoisotopic (exact) mass is 323 g/mol. The highest BCUT2D eigenvalue weighted by molar-refractivity contribution is 9.10. The number of hydrogen-bond acceptors (Lipinski definition) is 3. The van der Waals surface area contributed by atoms with Crippen molar-refractivity contribution in [2.75, 3.05) is 6.54 Å². The number of aromatic nitrogens is 2.